The zero-order valence-electron chi connectivity index (χ0n) is 17.8. The smallest absolute Gasteiger partial charge is 0.312 e. The quantitative estimate of drug-likeness (QED) is 0.425. The van der Waals surface area contributed by atoms with Crippen LogP contribution in [-0.4, -0.2) is 46.1 Å². The third kappa shape index (κ3) is 4.29. The Morgan fingerprint density at radius 3 is 2.26 bits per heavy atom. The lowest BCUT2D eigenvalue weighted by Gasteiger charge is -2.09. The number of hydrogen-bond donors (Lipinski definition) is 2. The van der Waals surface area contributed by atoms with E-state index in [-0.39, 0.29) is 35.9 Å². The molecule has 3 heterocycles. The summed E-state index contributed by atoms with van der Waals surface area (Å²) in [6.45, 7) is 5.10. The molecule has 0 saturated carbocycles. The molecule has 13 heteroatoms. The van der Waals surface area contributed by atoms with Gasteiger partial charge in [0.25, 0.3) is 5.91 Å². The summed E-state index contributed by atoms with van der Waals surface area (Å²) in [7, 11) is 3.35. The van der Waals surface area contributed by atoms with Crippen LogP contribution in [0.25, 0.3) is 0 Å². The molecule has 31 heavy (non-hydrogen) atoms. The number of amides is 2. The van der Waals surface area contributed by atoms with Crippen LogP contribution < -0.4 is 10.6 Å². The van der Waals surface area contributed by atoms with Gasteiger partial charge in [-0.25, -0.2) is 0 Å². The normalized spacial score (nSPS) is 10.9. The Morgan fingerprint density at radius 2 is 1.68 bits per heavy atom. The van der Waals surface area contributed by atoms with Gasteiger partial charge in [-0.2, -0.15) is 15.3 Å². The van der Waals surface area contributed by atoms with Crippen molar-refractivity contribution in [1.29, 1.82) is 0 Å². The van der Waals surface area contributed by atoms with E-state index in [2.05, 4.69) is 25.9 Å². The first-order valence-corrected chi connectivity index (χ1v) is 9.40. The molecule has 3 aromatic rings. The highest BCUT2D eigenvalue weighted by molar-refractivity contribution is 6.09. The molecule has 0 bridgehead atoms. The zero-order chi connectivity index (χ0) is 22.9. The van der Waals surface area contributed by atoms with Gasteiger partial charge < -0.3 is 10.6 Å². The third-order valence-corrected chi connectivity index (χ3v) is 4.99. The number of nitrogens with zero attached hydrogens (tertiary/aromatic N) is 7. The van der Waals surface area contributed by atoms with E-state index in [4.69, 9.17) is 0 Å². The van der Waals surface area contributed by atoms with Crippen LogP contribution in [0.4, 0.5) is 17.1 Å². The zero-order valence-corrected chi connectivity index (χ0v) is 17.8. The summed E-state index contributed by atoms with van der Waals surface area (Å²) >= 11 is 0. The molecule has 0 aromatic carbocycles. The predicted octanol–water partition coefficient (Wildman–Crippen LogP) is 1.46. The lowest BCUT2D eigenvalue weighted by atomic mass is 10.3. The summed E-state index contributed by atoms with van der Waals surface area (Å²) in [5, 5.41) is 28.8. The van der Waals surface area contributed by atoms with Crippen LogP contribution in [-0.2, 0) is 25.4 Å². The molecule has 0 fully saturated rings. The van der Waals surface area contributed by atoms with Crippen molar-refractivity contribution in [3.63, 3.8) is 0 Å². The maximum atomic E-state index is 12.7. The Hall–Kier alpha value is -4.03. The molecule has 13 nitrogen and oxygen atoms in total. The van der Waals surface area contributed by atoms with Crippen LogP contribution in [0.1, 0.15) is 34.0 Å². The fraction of sp³-hybridized carbons (Fsp3) is 0.389. The highest BCUT2D eigenvalue weighted by atomic mass is 16.6. The summed E-state index contributed by atoms with van der Waals surface area (Å²) in [5.41, 5.74) is 2.38. The molecule has 0 saturated heterocycles. The van der Waals surface area contributed by atoms with Crippen molar-refractivity contribution in [1.82, 2.24) is 29.3 Å². The fourth-order valence-corrected chi connectivity index (χ4v) is 3.19. The van der Waals surface area contributed by atoms with E-state index in [0.29, 0.717) is 17.1 Å². The average Bonchev–Trinajstić information content (AvgIpc) is 3.30. The van der Waals surface area contributed by atoms with E-state index in [1.165, 1.54) is 21.8 Å². The molecule has 0 atom stereocenters. The molecule has 0 radical (unpaired) electrons. The van der Waals surface area contributed by atoms with Crippen LogP contribution in [0, 0.1) is 30.9 Å². The van der Waals surface area contributed by atoms with E-state index in [0.717, 1.165) is 5.69 Å². The van der Waals surface area contributed by atoms with Crippen molar-refractivity contribution < 1.29 is 14.5 Å². The lowest BCUT2D eigenvalue weighted by Crippen LogP contribution is -2.21. The van der Waals surface area contributed by atoms with Crippen LogP contribution in [0.2, 0.25) is 0 Å². The van der Waals surface area contributed by atoms with Crippen molar-refractivity contribution >= 4 is 28.9 Å². The van der Waals surface area contributed by atoms with E-state index < -0.39 is 10.8 Å². The van der Waals surface area contributed by atoms with Gasteiger partial charge in [-0.1, -0.05) is 0 Å². The van der Waals surface area contributed by atoms with E-state index in [1.54, 1.807) is 32.6 Å². The Kier molecular flexibility index (Phi) is 5.86. The third-order valence-electron chi connectivity index (χ3n) is 4.99. The number of aromatic nitrogens is 6. The van der Waals surface area contributed by atoms with Gasteiger partial charge in [0.1, 0.15) is 17.1 Å². The number of anilines is 2. The van der Waals surface area contributed by atoms with Crippen LogP contribution in [0.3, 0.4) is 0 Å². The summed E-state index contributed by atoms with van der Waals surface area (Å²) in [6, 6.07) is 0. The number of carbonyl (C=O) groups excluding carboxylic acids is 2. The van der Waals surface area contributed by atoms with Gasteiger partial charge in [-0.15, -0.1) is 0 Å². The van der Waals surface area contributed by atoms with Crippen molar-refractivity contribution in [3.05, 3.63) is 45.3 Å². The molecular weight excluding hydrogens is 406 g/mol. The van der Waals surface area contributed by atoms with Gasteiger partial charge in [0.05, 0.1) is 40.9 Å². The monoisotopic (exact) mass is 429 g/mol. The topological polar surface area (TPSA) is 155 Å². The Balaban J connectivity index is 1.69. The number of aryl methyl sites for hydroxylation is 4. The first-order chi connectivity index (χ1) is 14.6. The minimum atomic E-state index is -0.487. The standard InChI is InChI=1S/C18H23N9O4/c1-10-16(27(30)31)12(3)26(23-10)7-6-15(28)21-14-9-20-25(5)17(14)18(29)22-13-8-19-24(4)11(13)2/h8-9H,6-7H2,1-5H3,(H,21,28)(H,22,29). The summed E-state index contributed by atoms with van der Waals surface area (Å²) < 4.78 is 4.42. The van der Waals surface area contributed by atoms with Crippen LogP contribution >= 0.6 is 0 Å². The van der Waals surface area contributed by atoms with Crippen LogP contribution in [0.15, 0.2) is 12.4 Å². The van der Waals surface area contributed by atoms with Gasteiger partial charge in [0.2, 0.25) is 5.91 Å². The second-order valence-corrected chi connectivity index (χ2v) is 7.05. The van der Waals surface area contributed by atoms with Gasteiger partial charge in [0.15, 0.2) is 0 Å². The highest BCUT2D eigenvalue weighted by Crippen LogP contribution is 2.22. The van der Waals surface area contributed by atoms with Gasteiger partial charge in [-0.3, -0.25) is 33.7 Å². The minimum Gasteiger partial charge on any atom is -0.323 e. The largest absolute Gasteiger partial charge is 0.323 e. The van der Waals surface area contributed by atoms with Crippen molar-refractivity contribution in [3.8, 4) is 0 Å². The molecular formula is C18H23N9O4. The Morgan fingerprint density at radius 1 is 1.03 bits per heavy atom. The number of hydrogen-bond acceptors (Lipinski definition) is 7. The number of rotatable bonds is 7. The number of carbonyl (C=O) groups is 2. The van der Waals surface area contributed by atoms with Crippen molar-refractivity contribution in [2.24, 2.45) is 14.1 Å². The minimum absolute atomic E-state index is 0.0107. The molecule has 0 aliphatic heterocycles. The van der Waals surface area contributed by atoms with E-state index in [1.807, 2.05) is 6.92 Å². The predicted molar refractivity (Wildman–Crippen MR) is 111 cm³/mol. The molecule has 2 N–H and O–H groups in total. The summed E-state index contributed by atoms with van der Waals surface area (Å²) in [5.74, 6) is -0.824. The number of nitro groups is 1. The summed E-state index contributed by atoms with van der Waals surface area (Å²) in [6.07, 6.45) is 2.93. The molecule has 3 rings (SSSR count). The van der Waals surface area contributed by atoms with Crippen molar-refractivity contribution in [2.45, 2.75) is 33.7 Å². The average molecular weight is 429 g/mol. The fourth-order valence-electron chi connectivity index (χ4n) is 3.19. The van der Waals surface area contributed by atoms with E-state index >= 15 is 0 Å². The first-order valence-electron chi connectivity index (χ1n) is 9.40. The highest BCUT2D eigenvalue weighted by Gasteiger charge is 2.23. The van der Waals surface area contributed by atoms with Gasteiger partial charge >= 0.3 is 5.69 Å². The molecule has 2 amide bonds. The second-order valence-electron chi connectivity index (χ2n) is 7.05. The SMILES string of the molecule is Cc1nn(CCC(=O)Nc2cnn(C)c2C(=O)Nc2cnn(C)c2C)c(C)c1[N+](=O)[O-]. The van der Waals surface area contributed by atoms with Crippen LogP contribution in [0.5, 0.6) is 0 Å². The second kappa shape index (κ2) is 8.38. The molecule has 0 unspecified atom stereocenters. The van der Waals surface area contributed by atoms with Gasteiger partial charge in [0, 0.05) is 20.5 Å². The van der Waals surface area contributed by atoms with E-state index in [9.17, 15) is 19.7 Å². The molecule has 0 aliphatic carbocycles. The lowest BCUT2D eigenvalue weighted by molar-refractivity contribution is -0.386. The number of nitrogens with one attached hydrogen (secondary N) is 2. The first kappa shape index (κ1) is 21.7. The molecule has 0 aliphatic rings. The Labute approximate surface area is 177 Å². The maximum Gasteiger partial charge on any atom is 0.312 e. The molecule has 164 valence electrons. The van der Waals surface area contributed by atoms with Gasteiger partial charge in [-0.05, 0) is 20.8 Å². The molecule has 0 spiro atoms. The maximum absolute atomic E-state index is 12.7. The molecule has 3 aromatic heterocycles. The Bertz CT molecular complexity index is 1170. The summed E-state index contributed by atoms with van der Waals surface area (Å²) in [4.78, 5) is 35.8. The van der Waals surface area contributed by atoms with Crippen molar-refractivity contribution in [2.75, 3.05) is 10.6 Å².